The number of hydrogen-bond acceptors (Lipinski definition) is 3. The van der Waals surface area contributed by atoms with Crippen molar-refractivity contribution in [2.75, 3.05) is 18.4 Å². The summed E-state index contributed by atoms with van der Waals surface area (Å²) in [5.41, 5.74) is 3.65. The number of sulfonamides is 1. The van der Waals surface area contributed by atoms with E-state index in [1.807, 2.05) is 25.1 Å². The average molecular weight is 385 g/mol. The van der Waals surface area contributed by atoms with Crippen molar-refractivity contribution in [2.45, 2.75) is 24.8 Å². The smallest absolute Gasteiger partial charge is 0.319 e. The van der Waals surface area contributed by atoms with E-state index >= 15 is 0 Å². The van der Waals surface area contributed by atoms with Crippen molar-refractivity contribution in [3.8, 4) is 0 Å². The topological polar surface area (TPSA) is 78.5 Å². The minimum Gasteiger partial charge on any atom is -0.334 e. The van der Waals surface area contributed by atoms with Gasteiger partial charge in [0.25, 0.3) is 0 Å². The highest BCUT2D eigenvalue weighted by atomic mass is 32.2. The zero-order chi connectivity index (χ0) is 19.4. The van der Waals surface area contributed by atoms with Gasteiger partial charge in [0.05, 0.1) is 4.90 Å². The molecule has 3 rings (SSSR count). The van der Waals surface area contributed by atoms with Crippen LogP contribution in [0, 0.1) is 6.92 Å². The van der Waals surface area contributed by atoms with Crippen molar-refractivity contribution in [2.24, 2.45) is 0 Å². The number of anilines is 1. The van der Waals surface area contributed by atoms with E-state index in [2.05, 4.69) is 17.2 Å². The third kappa shape index (κ3) is 4.37. The molecule has 1 aliphatic heterocycles. The van der Waals surface area contributed by atoms with Crippen LogP contribution in [-0.2, 0) is 23.0 Å². The number of amides is 2. The van der Waals surface area contributed by atoms with Crippen molar-refractivity contribution in [1.29, 1.82) is 0 Å². The molecule has 0 bridgehead atoms. The molecule has 0 aromatic heterocycles. The molecule has 0 atom stereocenters. The van der Waals surface area contributed by atoms with Crippen molar-refractivity contribution in [3.63, 3.8) is 0 Å². The summed E-state index contributed by atoms with van der Waals surface area (Å²) in [5, 5.41) is 5.40. The molecule has 6 nitrogen and oxygen atoms in total. The zero-order valence-corrected chi connectivity index (χ0v) is 16.1. The summed E-state index contributed by atoms with van der Waals surface area (Å²) in [6, 6.07) is 12.2. The summed E-state index contributed by atoms with van der Waals surface area (Å²) in [5.74, 6) is 0. The molecule has 7 heteroatoms. The molecule has 0 spiro atoms. The van der Waals surface area contributed by atoms with Crippen LogP contribution < -0.4 is 10.6 Å². The highest BCUT2D eigenvalue weighted by Crippen LogP contribution is 2.27. The van der Waals surface area contributed by atoms with Crippen LogP contribution in [0.3, 0.4) is 0 Å². The molecule has 2 amide bonds. The molecule has 2 aromatic carbocycles. The predicted octanol–water partition coefficient (Wildman–Crippen LogP) is 3.05. The van der Waals surface area contributed by atoms with Gasteiger partial charge in [-0.2, -0.15) is 4.31 Å². The van der Waals surface area contributed by atoms with Crippen LogP contribution in [0.5, 0.6) is 0 Å². The van der Waals surface area contributed by atoms with Gasteiger partial charge in [0, 0.05) is 25.3 Å². The molecule has 27 heavy (non-hydrogen) atoms. The lowest BCUT2D eigenvalue weighted by molar-refractivity contribution is 0.253. The zero-order valence-electron chi connectivity index (χ0n) is 15.2. The monoisotopic (exact) mass is 385 g/mol. The van der Waals surface area contributed by atoms with E-state index in [0.717, 1.165) is 16.7 Å². The Hall–Kier alpha value is -2.64. The molecule has 142 valence electrons. The lowest BCUT2D eigenvalue weighted by Crippen LogP contribution is -2.36. The summed E-state index contributed by atoms with van der Waals surface area (Å²) in [4.78, 5) is 12.1. The lowest BCUT2D eigenvalue weighted by atomic mass is 10.0. The summed E-state index contributed by atoms with van der Waals surface area (Å²) >= 11 is 0. The molecule has 0 radical (unpaired) electrons. The van der Waals surface area contributed by atoms with Crippen molar-refractivity contribution < 1.29 is 13.2 Å². The van der Waals surface area contributed by atoms with Crippen LogP contribution in [0.15, 0.2) is 60.0 Å². The summed E-state index contributed by atoms with van der Waals surface area (Å²) in [7, 11) is -3.55. The highest BCUT2D eigenvalue weighted by Gasteiger charge is 2.28. The fraction of sp³-hybridized carbons (Fsp3) is 0.250. The van der Waals surface area contributed by atoms with Crippen molar-refractivity contribution in [3.05, 3.63) is 71.8 Å². The fourth-order valence-electron chi connectivity index (χ4n) is 3.01. The van der Waals surface area contributed by atoms with E-state index in [4.69, 9.17) is 0 Å². The van der Waals surface area contributed by atoms with Crippen molar-refractivity contribution in [1.82, 2.24) is 9.62 Å². The number of urea groups is 1. The molecular weight excluding hydrogens is 362 g/mol. The molecule has 2 N–H and O–H groups in total. The van der Waals surface area contributed by atoms with E-state index in [1.54, 1.807) is 30.3 Å². The molecule has 0 unspecified atom stereocenters. The first kappa shape index (κ1) is 19.1. The first-order valence-corrected chi connectivity index (χ1v) is 10.2. The number of fused-ring (bicyclic) bond motifs is 1. The summed E-state index contributed by atoms with van der Waals surface area (Å²) in [6.45, 7) is 6.58. The molecule has 1 heterocycles. The van der Waals surface area contributed by atoms with Gasteiger partial charge in [-0.25, -0.2) is 13.2 Å². The minimum absolute atomic E-state index is 0.287. The predicted molar refractivity (Wildman–Crippen MR) is 106 cm³/mol. The van der Waals surface area contributed by atoms with Gasteiger partial charge in [-0.1, -0.05) is 29.8 Å². The lowest BCUT2D eigenvalue weighted by Gasteiger charge is -2.28. The second-order valence-electron chi connectivity index (χ2n) is 6.51. The van der Waals surface area contributed by atoms with Crippen LogP contribution >= 0.6 is 0 Å². The van der Waals surface area contributed by atoms with Crippen LogP contribution in [0.2, 0.25) is 0 Å². The third-order valence-electron chi connectivity index (χ3n) is 4.51. The Morgan fingerprint density at radius 2 is 1.93 bits per heavy atom. The Labute approximate surface area is 159 Å². The Morgan fingerprint density at radius 1 is 1.19 bits per heavy atom. The van der Waals surface area contributed by atoms with Crippen molar-refractivity contribution >= 4 is 21.7 Å². The second kappa shape index (κ2) is 7.94. The van der Waals surface area contributed by atoms with Gasteiger partial charge in [-0.15, -0.1) is 6.58 Å². The number of nitrogens with zero attached hydrogens (tertiary/aromatic N) is 1. The SMILES string of the molecule is C=CCNC(=O)Nc1ccc2c(c1)CN(S(=O)(=O)c1ccc(C)cc1)CC2. The van der Waals surface area contributed by atoms with Crippen LogP contribution in [0.25, 0.3) is 0 Å². The largest absolute Gasteiger partial charge is 0.334 e. The normalized spacial score (nSPS) is 14.3. The number of benzene rings is 2. The molecule has 1 aliphatic rings. The minimum atomic E-state index is -3.55. The molecule has 0 saturated carbocycles. The molecule has 0 saturated heterocycles. The summed E-state index contributed by atoms with van der Waals surface area (Å²) in [6.07, 6.45) is 2.24. The quantitative estimate of drug-likeness (QED) is 0.777. The standard InChI is InChI=1S/C20H23N3O3S/c1-3-11-21-20(24)22-18-7-6-16-10-12-23(14-17(16)13-18)27(25,26)19-8-4-15(2)5-9-19/h3-9,13H,1,10-12,14H2,2H3,(H2,21,22,24). The third-order valence-corrected chi connectivity index (χ3v) is 6.37. The Morgan fingerprint density at radius 3 is 2.63 bits per heavy atom. The van der Waals surface area contributed by atoms with E-state index in [0.29, 0.717) is 30.1 Å². The molecule has 2 aromatic rings. The molecular formula is C20H23N3O3S. The second-order valence-corrected chi connectivity index (χ2v) is 8.45. The number of hydrogen-bond donors (Lipinski definition) is 2. The van der Waals surface area contributed by atoms with Gasteiger partial charge < -0.3 is 10.6 Å². The number of nitrogens with one attached hydrogen (secondary N) is 2. The van der Waals surface area contributed by atoms with Gasteiger partial charge in [0.15, 0.2) is 0 Å². The van der Waals surface area contributed by atoms with Gasteiger partial charge in [0.1, 0.15) is 0 Å². The Balaban J connectivity index is 1.78. The van der Waals surface area contributed by atoms with E-state index < -0.39 is 10.0 Å². The Bertz CT molecular complexity index is 953. The van der Waals surface area contributed by atoms with E-state index in [9.17, 15) is 13.2 Å². The number of rotatable bonds is 5. The van der Waals surface area contributed by atoms with Gasteiger partial charge in [-0.05, 0) is 48.7 Å². The number of carbonyl (C=O) groups is 1. The Kier molecular flexibility index (Phi) is 5.62. The number of aryl methyl sites for hydroxylation is 1. The average Bonchev–Trinajstić information content (AvgIpc) is 2.66. The highest BCUT2D eigenvalue weighted by molar-refractivity contribution is 7.89. The van der Waals surface area contributed by atoms with Gasteiger partial charge >= 0.3 is 6.03 Å². The van der Waals surface area contributed by atoms with E-state index in [1.165, 1.54) is 4.31 Å². The first-order valence-electron chi connectivity index (χ1n) is 8.74. The first-order chi connectivity index (χ1) is 12.9. The van der Waals surface area contributed by atoms with Crippen LogP contribution in [0.1, 0.15) is 16.7 Å². The van der Waals surface area contributed by atoms with Crippen LogP contribution in [-0.4, -0.2) is 31.8 Å². The number of carbonyl (C=O) groups excluding carboxylic acids is 1. The maximum Gasteiger partial charge on any atom is 0.319 e. The fourth-order valence-corrected chi connectivity index (χ4v) is 4.43. The van der Waals surface area contributed by atoms with Gasteiger partial charge in [-0.3, -0.25) is 0 Å². The maximum atomic E-state index is 12.9. The summed E-state index contributed by atoms with van der Waals surface area (Å²) < 4.78 is 27.3. The molecule has 0 fully saturated rings. The van der Waals surface area contributed by atoms with E-state index in [-0.39, 0.29) is 12.6 Å². The van der Waals surface area contributed by atoms with Gasteiger partial charge in [0.2, 0.25) is 10.0 Å². The molecule has 0 aliphatic carbocycles. The van der Waals surface area contributed by atoms with Crippen LogP contribution in [0.4, 0.5) is 10.5 Å². The maximum absolute atomic E-state index is 12.9.